The number of aromatic nitrogens is 1. The number of nitrogens with two attached hydrogens (primary N) is 1. The molecule has 1 atom stereocenters. The van der Waals surface area contributed by atoms with Crippen LogP contribution in [0.25, 0.3) is 0 Å². The highest BCUT2D eigenvalue weighted by molar-refractivity contribution is 5.47. The SMILES string of the molecule is CC(N)c1cccnc1N(C)CC1CCN(C)CC1. The first-order valence-corrected chi connectivity index (χ1v) is 7.18. The summed E-state index contributed by atoms with van der Waals surface area (Å²) in [6.07, 6.45) is 4.41. The third-order valence-electron chi connectivity index (χ3n) is 4.04. The molecule has 1 aliphatic heterocycles. The van der Waals surface area contributed by atoms with Crippen LogP contribution in [0.4, 0.5) is 5.82 Å². The van der Waals surface area contributed by atoms with E-state index in [-0.39, 0.29) is 6.04 Å². The molecule has 1 fully saturated rings. The van der Waals surface area contributed by atoms with Gasteiger partial charge in [-0.25, -0.2) is 4.98 Å². The van der Waals surface area contributed by atoms with Crippen molar-refractivity contribution in [3.63, 3.8) is 0 Å². The Bertz CT molecular complexity index is 397. The summed E-state index contributed by atoms with van der Waals surface area (Å²) in [6.45, 7) is 5.51. The first kappa shape index (κ1) is 14.3. The molecule has 1 saturated heterocycles. The molecule has 0 amide bonds. The van der Waals surface area contributed by atoms with Crippen LogP contribution in [0.3, 0.4) is 0 Å². The molecule has 1 aliphatic rings. The van der Waals surface area contributed by atoms with E-state index in [0.717, 1.165) is 23.8 Å². The van der Waals surface area contributed by atoms with Gasteiger partial charge in [0.15, 0.2) is 0 Å². The molecule has 0 aliphatic carbocycles. The van der Waals surface area contributed by atoms with Crippen LogP contribution in [0, 0.1) is 5.92 Å². The van der Waals surface area contributed by atoms with Crippen LogP contribution in [-0.4, -0.2) is 43.6 Å². The Morgan fingerprint density at radius 3 is 2.79 bits per heavy atom. The van der Waals surface area contributed by atoms with Gasteiger partial charge in [0.1, 0.15) is 5.82 Å². The molecule has 2 N–H and O–H groups in total. The van der Waals surface area contributed by atoms with Crippen molar-refractivity contribution >= 4 is 5.82 Å². The van der Waals surface area contributed by atoms with Gasteiger partial charge in [0.05, 0.1) is 0 Å². The number of likely N-dealkylation sites (tertiary alicyclic amines) is 1. The second-order valence-corrected chi connectivity index (χ2v) is 5.83. The van der Waals surface area contributed by atoms with Gasteiger partial charge in [0, 0.05) is 31.4 Å². The topological polar surface area (TPSA) is 45.4 Å². The monoisotopic (exact) mass is 262 g/mol. The Kier molecular flexibility index (Phi) is 4.77. The lowest BCUT2D eigenvalue weighted by Gasteiger charge is -2.32. The highest BCUT2D eigenvalue weighted by Gasteiger charge is 2.20. The second-order valence-electron chi connectivity index (χ2n) is 5.83. The molecule has 1 unspecified atom stereocenters. The molecular formula is C15H26N4. The second kappa shape index (κ2) is 6.35. The van der Waals surface area contributed by atoms with Crippen molar-refractivity contribution in [2.24, 2.45) is 11.7 Å². The van der Waals surface area contributed by atoms with Gasteiger partial charge in [-0.2, -0.15) is 0 Å². The van der Waals surface area contributed by atoms with Gasteiger partial charge in [0.25, 0.3) is 0 Å². The maximum absolute atomic E-state index is 6.03. The summed E-state index contributed by atoms with van der Waals surface area (Å²) in [5, 5.41) is 0. The molecule has 0 spiro atoms. The molecule has 2 heterocycles. The molecule has 0 aromatic carbocycles. The normalized spacial score (nSPS) is 19.4. The molecule has 4 nitrogen and oxygen atoms in total. The standard InChI is InChI=1S/C15H26N4/c1-12(16)14-5-4-8-17-15(14)19(3)11-13-6-9-18(2)10-7-13/h4-5,8,12-13H,6-7,9-11,16H2,1-3H3. The first-order chi connectivity index (χ1) is 9.08. The summed E-state index contributed by atoms with van der Waals surface area (Å²) in [6, 6.07) is 4.08. The molecule has 4 heteroatoms. The van der Waals surface area contributed by atoms with Crippen molar-refractivity contribution in [3.8, 4) is 0 Å². The van der Waals surface area contributed by atoms with Gasteiger partial charge >= 0.3 is 0 Å². The van der Waals surface area contributed by atoms with E-state index < -0.39 is 0 Å². The van der Waals surface area contributed by atoms with Gasteiger partial charge < -0.3 is 15.5 Å². The fourth-order valence-electron chi connectivity index (χ4n) is 2.80. The Labute approximate surface area is 116 Å². The number of pyridine rings is 1. The molecule has 0 bridgehead atoms. The van der Waals surface area contributed by atoms with Gasteiger partial charge in [-0.3, -0.25) is 0 Å². The lowest BCUT2D eigenvalue weighted by atomic mass is 9.96. The molecule has 1 aromatic rings. The summed E-state index contributed by atoms with van der Waals surface area (Å²) in [5.41, 5.74) is 7.17. The largest absolute Gasteiger partial charge is 0.359 e. The highest BCUT2D eigenvalue weighted by atomic mass is 15.2. The zero-order valence-electron chi connectivity index (χ0n) is 12.3. The van der Waals surface area contributed by atoms with Crippen LogP contribution in [0.2, 0.25) is 0 Å². The minimum atomic E-state index is 0.0311. The fourth-order valence-corrected chi connectivity index (χ4v) is 2.80. The minimum absolute atomic E-state index is 0.0311. The average molecular weight is 262 g/mol. The number of rotatable bonds is 4. The van der Waals surface area contributed by atoms with E-state index in [0.29, 0.717) is 0 Å². The van der Waals surface area contributed by atoms with E-state index in [9.17, 15) is 0 Å². The van der Waals surface area contributed by atoms with Crippen molar-refractivity contribution in [1.29, 1.82) is 0 Å². The van der Waals surface area contributed by atoms with E-state index in [1.807, 2.05) is 19.2 Å². The Balaban J connectivity index is 2.01. The molecule has 2 rings (SSSR count). The predicted octanol–water partition coefficient (Wildman–Crippen LogP) is 1.88. The van der Waals surface area contributed by atoms with Crippen molar-refractivity contribution in [2.45, 2.75) is 25.8 Å². The van der Waals surface area contributed by atoms with E-state index in [4.69, 9.17) is 5.73 Å². The van der Waals surface area contributed by atoms with Crippen LogP contribution in [-0.2, 0) is 0 Å². The lowest BCUT2D eigenvalue weighted by Crippen LogP contribution is -2.36. The van der Waals surface area contributed by atoms with Crippen molar-refractivity contribution in [1.82, 2.24) is 9.88 Å². The van der Waals surface area contributed by atoms with Gasteiger partial charge in [0.2, 0.25) is 0 Å². The average Bonchev–Trinajstić information content (AvgIpc) is 2.41. The number of anilines is 1. The summed E-state index contributed by atoms with van der Waals surface area (Å²) in [4.78, 5) is 9.20. The van der Waals surface area contributed by atoms with E-state index in [1.54, 1.807) is 0 Å². The summed E-state index contributed by atoms with van der Waals surface area (Å²) in [5.74, 6) is 1.81. The highest BCUT2D eigenvalue weighted by Crippen LogP contribution is 2.24. The predicted molar refractivity (Wildman–Crippen MR) is 80.3 cm³/mol. The third kappa shape index (κ3) is 3.67. The fraction of sp³-hybridized carbons (Fsp3) is 0.667. The first-order valence-electron chi connectivity index (χ1n) is 7.18. The number of piperidine rings is 1. The minimum Gasteiger partial charge on any atom is -0.359 e. The Morgan fingerprint density at radius 1 is 1.47 bits per heavy atom. The van der Waals surface area contributed by atoms with Gasteiger partial charge in [-0.1, -0.05) is 6.07 Å². The number of hydrogen-bond acceptors (Lipinski definition) is 4. The quantitative estimate of drug-likeness (QED) is 0.900. The van der Waals surface area contributed by atoms with E-state index >= 15 is 0 Å². The molecule has 1 aromatic heterocycles. The van der Waals surface area contributed by atoms with Crippen LogP contribution in [0.15, 0.2) is 18.3 Å². The number of hydrogen-bond donors (Lipinski definition) is 1. The Hall–Kier alpha value is -1.13. The summed E-state index contributed by atoms with van der Waals surface area (Å²) < 4.78 is 0. The van der Waals surface area contributed by atoms with Crippen LogP contribution in [0.5, 0.6) is 0 Å². The Morgan fingerprint density at radius 2 is 2.16 bits per heavy atom. The summed E-state index contributed by atoms with van der Waals surface area (Å²) >= 11 is 0. The van der Waals surface area contributed by atoms with E-state index in [2.05, 4.69) is 34.9 Å². The van der Waals surface area contributed by atoms with Crippen molar-refractivity contribution < 1.29 is 0 Å². The van der Waals surface area contributed by atoms with Crippen LogP contribution in [0.1, 0.15) is 31.4 Å². The number of nitrogens with zero attached hydrogens (tertiary/aromatic N) is 3. The maximum Gasteiger partial charge on any atom is 0.133 e. The molecule has 0 saturated carbocycles. The van der Waals surface area contributed by atoms with Crippen LogP contribution >= 0.6 is 0 Å². The van der Waals surface area contributed by atoms with Gasteiger partial charge in [-0.05, 0) is 51.9 Å². The zero-order valence-corrected chi connectivity index (χ0v) is 12.3. The summed E-state index contributed by atoms with van der Waals surface area (Å²) in [7, 11) is 4.33. The molecular weight excluding hydrogens is 236 g/mol. The molecule has 106 valence electrons. The van der Waals surface area contributed by atoms with Crippen LogP contribution < -0.4 is 10.6 Å². The molecule has 0 radical (unpaired) electrons. The van der Waals surface area contributed by atoms with Crippen molar-refractivity contribution in [2.75, 3.05) is 38.6 Å². The lowest BCUT2D eigenvalue weighted by molar-refractivity contribution is 0.222. The smallest absolute Gasteiger partial charge is 0.133 e. The zero-order chi connectivity index (χ0) is 13.8. The van der Waals surface area contributed by atoms with Crippen molar-refractivity contribution in [3.05, 3.63) is 23.9 Å². The van der Waals surface area contributed by atoms with Gasteiger partial charge in [-0.15, -0.1) is 0 Å². The molecule has 19 heavy (non-hydrogen) atoms. The third-order valence-corrected chi connectivity index (χ3v) is 4.04. The van der Waals surface area contributed by atoms with E-state index in [1.165, 1.54) is 25.9 Å². The maximum atomic E-state index is 6.03.